The van der Waals surface area contributed by atoms with Gasteiger partial charge in [-0.1, -0.05) is 0 Å². The fourth-order valence-electron chi connectivity index (χ4n) is 2.19. The van der Waals surface area contributed by atoms with E-state index in [0.717, 1.165) is 37.2 Å². The average molecular weight is 303 g/mol. The maximum Gasteiger partial charge on any atom is 0.306 e. The first-order valence-corrected chi connectivity index (χ1v) is 6.19. The molecule has 1 aromatic rings. The highest BCUT2D eigenvalue weighted by atomic mass is 79.9. The zero-order chi connectivity index (χ0) is 12.6. The lowest BCUT2D eigenvalue weighted by Crippen LogP contribution is -2.20. The predicted molar refractivity (Wildman–Crippen MR) is 66.9 cm³/mol. The number of aryl methyl sites for hydroxylation is 1. The molecule has 0 bridgehead atoms. The lowest BCUT2D eigenvalue weighted by molar-refractivity contribution is -0.387. The Morgan fingerprint density at radius 2 is 2.06 bits per heavy atom. The minimum Gasteiger partial charge on any atom is -0.370 e. The van der Waals surface area contributed by atoms with Crippen molar-refractivity contribution in [2.24, 2.45) is 0 Å². The van der Waals surface area contributed by atoms with E-state index in [9.17, 15) is 14.5 Å². The second kappa shape index (κ2) is 4.60. The van der Waals surface area contributed by atoms with Crippen molar-refractivity contribution in [3.05, 3.63) is 32.0 Å². The Morgan fingerprint density at radius 1 is 1.47 bits per heavy atom. The van der Waals surface area contributed by atoms with Gasteiger partial charge in [0.25, 0.3) is 0 Å². The molecule has 0 spiro atoms. The molecule has 92 valence electrons. The van der Waals surface area contributed by atoms with Crippen LogP contribution in [0.5, 0.6) is 0 Å². The van der Waals surface area contributed by atoms with Crippen molar-refractivity contribution in [2.75, 3.05) is 18.0 Å². The molecule has 0 aromatic heterocycles. The first-order chi connectivity index (χ1) is 8.02. The molecule has 2 rings (SSSR count). The van der Waals surface area contributed by atoms with Gasteiger partial charge in [0.05, 0.1) is 15.1 Å². The highest BCUT2D eigenvalue weighted by Crippen LogP contribution is 2.38. The molecule has 1 aromatic carbocycles. The van der Waals surface area contributed by atoms with Gasteiger partial charge in [0, 0.05) is 19.2 Å². The number of nitrogens with zero attached hydrogens (tertiary/aromatic N) is 2. The molecule has 0 unspecified atom stereocenters. The number of nitro benzene ring substituents is 1. The number of hydrogen-bond acceptors (Lipinski definition) is 3. The quantitative estimate of drug-likeness (QED) is 0.621. The van der Waals surface area contributed by atoms with Crippen molar-refractivity contribution >= 4 is 27.3 Å². The molecule has 0 atom stereocenters. The molecule has 1 heterocycles. The maximum atomic E-state index is 13.8. The van der Waals surface area contributed by atoms with E-state index in [2.05, 4.69) is 20.8 Å². The molecule has 1 aliphatic rings. The number of anilines is 1. The van der Waals surface area contributed by atoms with Crippen LogP contribution in [0.1, 0.15) is 18.4 Å². The Morgan fingerprint density at radius 3 is 2.59 bits per heavy atom. The summed E-state index contributed by atoms with van der Waals surface area (Å²) < 4.78 is 14.0. The van der Waals surface area contributed by atoms with Crippen molar-refractivity contribution < 1.29 is 9.31 Å². The molecule has 0 radical (unpaired) electrons. The summed E-state index contributed by atoms with van der Waals surface area (Å²) in [4.78, 5) is 12.1. The third-order valence-electron chi connectivity index (χ3n) is 2.97. The monoisotopic (exact) mass is 302 g/mol. The van der Waals surface area contributed by atoms with E-state index < -0.39 is 16.4 Å². The second-order valence-electron chi connectivity index (χ2n) is 4.14. The molecular weight excluding hydrogens is 291 g/mol. The van der Waals surface area contributed by atoms with E-state index in [-0.39, 0.29) is 4.47 Å². The second-order valence-corrected chi connectivity index (χ2v) is 4.93. The van der Waals surface area contributed by atoms with Gasteiger partial charge in [-0.2, -0.15) is 4.39 Å². The molecule has 17 heavy (non-hydrogen) atoms. The highest BCUT2D eigenvalue weighted by molar-refractivity contribution is 9.10. The molecule has 1 fully saturated rings. The van der Waals surface area contributed by atoms with Crippen LogP contribution in [0.4, 0.5) is 15.8 Å². The van der Waals surface area contributed by atoms with Crippen LogP contribution in [0.3, 0.4) is 0 Å². The topological polar surface area (TPSA) is 46.4 Å². The Hall–Kier alpha value is -1.17. The van der Waals surface area contributed by atoms with Crippen LogP contribution in [0.15, 0.2) is 10.5 Å². The van der Waals surface area contributed by atoms with Crippen LogP contribution in [0, 0.1) is 22.9 Å². The van der Waals surface area contributed by atoms with Gasteiger partial charge in [0.15, 0.2) is 0 Å². The first kappa shape index (κ1) is 12.3. The van der Waals surface area contributed by atoms with Crippen LogP contribution >= 0.6 is 15.9 Å². The Bertz CT molecular complexity index is 473. The summed E-state index contributed by atoms with van der Waals surface area (Å²) in [6.07, 6.45) is 2.15. The number of nitro groups is 1. The molecule has 0 saturated carbocycles. The summed E-state index contributed by atoms with van der Waals surface area (Å²) in [5.74, 6) is -0.789. The Balaban J connectivity index is 2.54. The van der Waals surface area contributed by atoms with E-state index in [4.69, 9.17) is 0 Å². The zero-order valence-corrected chi connectivity index (χ0v) is 11.0. The maximum absolute atomic E-state index is 13.8. The van der Waals surface area contributed by atoms with Crippen molar-refractivity contribution in [3.8, 4) is 0 Å². The SMILES string of the molecule is Cc1cc([N+](=O)[O-])c(F)c(Br)c1N1CCCC1. The summed E-state index contributed by atoms with van der Waals surface area (Å²) >= 11 is 3.14. The summed E-state index contributed by atoms with van der Waals surface area (Å²) in [5.41, 5.74) is 0.995. The lowest BCUT2D eigenvalue weighted by Gasteiger charge is -2.21. The molecule has 4 nitrogen and oxygen atoms in total. The Kier molecular flexibility index (Phi) is 3.33. The van der Waals surface area contributed by atoms with Crippen molar-refractivity contribution in [2.45, 2.75) is 19.8 Å². The highest BCUT2D eigenvalue weighted by Gasteiger charge is 2.26. The third-order valence-corrected chi connectivity index (χ3v) is 3.69. The van der Waals surface area contributed by atoms with Gasteiger partial charge in [0.1, 0.15) is 0 Å². The lowest BCUT2D eigenvalue weighted by atomic mass is 10.1. The fraction of sp³-hybridized carbons (Fsp3) is 0.455. The van der Waals surface area contributed by atoms with Gasteiger partial charge in [0.2, 0.25) is 5.82 Å². The summed E-state index contributed by atoms with van der Waals surface area (Å²) in [6, 6.07) is 1.30. The van der Waals surface area contributed by atoms with Gasteiger partial charge in [-0.05, 0) is 41.3 Å². The van der Waals surface area contributed by atoms with E-state index in [1.807, 2.05) is 0 Å². The largest absolute Gasteiger partial charge is 0.370 e. The Labute approximate surface area is 107 Å². The molecule has 0 amide bonds. The number of hydrogen-bond donors (Lipinski definition) is 0. The van der Waals surface area contributed by atoms with Crippen molar-refractivity contribution in [1.82, 2.24) is 0 Å². The van der Waals surface area contributed by atoms with E-state index in [0.29, 0.717) is 0 Å². The number of halogens is 2. The standard InChI is InChI=1S/C11H12BrFN2O2/c1-7-6-8(15(16)17)10(13)9(12)11(7)14-4-2-3-5-14/h6H,2-5H2,1H3. The predicted octanol–water partition coefficient (Wildman–Crippen LogP) is 3.41. The average Bonchev–Trinajstić information content (AvgIpc) is 2.76. The van der Waals surface area contributed by atoms with Gasteiger partial charge in [-0.3, -0.25) is 10.1 Å². The molecule has 6 heteroatoms. The molecule has 1 aliphatic heterocycles. The molecule has 0 N–H and O–H groups in total. The summed E-state index contributed by atoms with van der Waals surface area (Å²) in [7, 11) is 0. The van der Waals surface area contributed by atoms with Crippen LogP contribution in [-0.2, 0) is 0 Å². The first-order valence-electron chi connectivity index (χ1n) is 5.40. The van der Waals surface area contributed by atoms with E-state index >= 15 is 0 Å². The van der Waals surface area contributed by atoms with Crippen molar-refractivity contribution in [1.29, 1.82) is 0 Å². The minimum atomic E-state index is -0.789. The van der Waals surface area contributed by atoms with Crippen LogP contribution in [0.2, 0.25) is 0 Å². The number of benzene rings is 1. The smallest absolute Gasteiger partial charge is 0.306 e. The van der Waals surface area contributed by atoms with Gasteiger partial charge >= 0.3 is 5.69 Å². The zero-order valence-electron chi connectivity index (χ0n) is 9.37. The van der Waals surface area contributed by atoms with Gasteiger partial charge < -0.3 is 4.90 Å². The van der Waals surface area contributed by atoms with Gasteiger partial charge in [-0.25, -0.2) is 0 Å². The summed E-state index contributed by atoms with van der Waals surface area (Å²) in [6.45, 7) is 3.51. The van der Waals surface area contributed by atoms with Gasteiger partial charge in [-0.15, -0.1) is 0 Å². The molecular formula is C11H12BrFN2O2. The van der Waals surface area contributed by atoms with Crippen LogP contribution < -0.4 is 4.90 Å². The van der Waals surface area contributed by atoms with E-state index in [1.165, 1.54) is 6.07 Å². The number of rotatable bonds is 2. The normalized spacial score (nSPS) is 15.4. The molecule has 1 saturated heterocycles. The summed E-state index contributed by atoms with van der Waals surface area (Å²) in [5, 5.41) is 10.7. The van der Waals surface area contributed by atoms with E-state index in [1.54, 1.807) is 6.92 Å². The fourth-order valence-corrected chi connectivity index (χ4v) is 2.95. The van der Waals surface area contributed by atoms with Crippen molar-refractivity contribution in [3.63, 3.8) is 0 Å². The third kappa shape index (κ3) is 2.13. The van der Waals surface area contributed by atoms with Crippen LogP contribution in [0.25, 0.3) is 0 Å². The van der Waals surface area contributed by atoms with Crippen LogP contribution in [-0.4, -0.2) is 18.0 Å². The minimum absolute atomic E-state index is 0.200. The molecule has 0 aliphatic carbocycles.